The van der Waals surface area contributed by atoms with E-state index in [2.05, 4.69) is 9.97 Å². The Kier molecular flexibility index (Phi) is 2.93. The largest absolute Gasteiger partial charge is 0.486 e. The Labute approximate surface area is 83.2 Å². The maximum Gasteiger partial charge on any atom is 0.194 e. The van der Waals surface area contributed by atoms with Gasteiger partial charge in [0.25, 0.3) is 0 Å². The number of thiocarbonyl (C=S) groups is 1. The lowest BCUT2D eigenvalue weighted by molar-refractivity contribution is 0.415. The number of hydrogen-bond acceptors (Lipinski definition) is 4. The molecule has 0 aliphatic carbocycles. The molecule has 0 aliphatic rings. The van der Waals surface area contributed by atoms with Gasteiger partial charge >= 0.3 is 0 Å². The summed E-state index contributed by atoms with van der Waals surface area (Å²) in [6.45, 7) is 5.67. The van der Waals surface area contributed by atoms with Gasteiger partial charge in [-0.15, -0.1) is 0 Å². The Balaban J connectivity index is 3.28. The third-order valence-electron chi connectivity index (χ3n) is 1.77. The van der Waals surface area contributed by atoms with Crippen molar-refractivity contribution in [3.8, 4) is 0 Å². The van der Waals surface area contributed by atoms with E-state index in [1.807, 2.05) is 20.8 Å². The van der Waals surface area contributed by atoms with Crippen molar-refractivity contribution in [3.63, 3.8) is 0 Å². The van der Waals surface area contributed by atoms with E-state index in [0.717, 1.165) is 22.8 Å². The highest BCUT2D eigenvalue weighted by atomic mass is 32.1. The molecule has 0 saturated heterocycles. The Bertz CT molecular complexity index is 326. The first-order valence-electron chi connectivity index (χ1n) is 3.96. The van der Waals surface area contributed by atoms with Crippen LogP contribution in [0.5, 0.6) is 0 Å². The van der Waals surface area contributed by atoms with E-state index < -0.39 is 0 Å². The van der Waals surface area contributed by atoms with Gasteiger partial charge in [0.2, 0.25) is 0 Å². The van der Waals surface area contributed by atoms with Crippen molar-refractivity contribution >= 4 is 17.3 Å². The van der Waals surface area contributed by atoms with Crippen LogP contribution < -0.4 is 0 Å². The molecule has 0 bridgehead atoms. The van der Waals surface area contributed by atoms with Crippen LogP contribution in [0.15, 0.2) is 0 Å². The maximum atomic E-state index is 5.04. The van der Waals surface area contributed by atoms with Crippen LogP contribution in [0.3, 0.4) is 0 Å². The van der Waals surface area contributed by atoms with E-state index in [4.69, 9.17) is 17.0 Å². The summed E-state index contributed by atoms with van der Waals surface area (Å²) >= 11 is 5.04. The molecule has 1 heterocycles. The van der Waals surface area contributed by atoms with Gasteiger partial charge in [-0.1, -0.05) is 0 Å². The van der Waals surface area contributed by atoms with Crippen LogP contribution >= 0.6 is 12.2 Å². The van der Waals surface area contributed by atoms with E-state index in [-0.39, 0.29) is 0 Å². The second-order valence-electron chi connectivity index (χ2n) is 2.81. The highest BCUT2D eigenvalue weighted by Crippen LogP contribution is 2.11. The maximum absolute atomic E-state index is 5.04. The summed E-state index contributed by atoms with van der Waals surface area (Å²) in [6, 6.07) is 0. The molecule has 1 aromatic rings. The first kappa shape index (κ1) is 10.1. The summed E-state index contributed by atoms with van der Waals surface area (Å²) in [6.07, 6.45) is 0. The quantitative estimate of drug-likeness (QED) is 0.641. The SMILES string of the molecule is COC(=S)c1c(C)nc(C)nc1C. The van der Waals surface area contributed by atoms with Crippen LogP contribution in [0.25, 0.3) is 0 Å². The first-order valence-corrected chi connectivity index (χ1v) is 4.37. The third-order valence-corrected chi connectivity index (χ3v) is 2.14. The van der Waals surface area contributed by atoms with E-state index >= 15 is 0 Å². The van der Waals surface area contributed by atoms with Crippen molar-refractivity contribution in [3.05, 3.63) is 22.8 Å². The Morgan fingerprint density at radius 1 is 1.15 bits per heavy atom. The highest BCUT2D eigenvalue weighted by molar-refractivity contribution is 7.80. The van der Waals surface area contributed by atoms with Crippen molar-refractivity contribution in [2.24, 2.45) is 0 Å². The molecule has 13 heavy (non-hydrogen) atoms. The molecule has 0 spiro atoms. The third kappa shape index (κ3) is 2.01. The molecule has 70 valence electrons. The molecule has 0 fully saturated rings. The lowest BCUT2D eigenvalue weighted by atomic mass is 10.2. The standard InChI is InChI=1S/C9H12N2OS/c1-5-8(9(13)12-4)6(2)11-7(3)10-5/h1-4H3. The van der Waals surface area contributed by atoms with Gasteiger partial charge in [0.1, 0.15) is 5.82 Å². The smallest absolute Gasteiger partial charge is 0.194 e. The second-order valence-corrected chi connectivity index (χ2v) is 3.18. The van der Waals surface area contributed by atoms with Crippen molar-refractivity contribution < 1.29 is 4.74 Å². The highest BCUT2D eigenvalue weighted by Gasteiger charge is 2.11. The summed E-state index contributed by atoms with van der Waals surface area (Å²) < 4.78 is 4.99. The minimum absolute atomic E-state index is 0.454. The predicted octanol–water partition coefficient (Wildman–Crippen LogP) is 1.72. The number of aryl methyl sites for hydroxylation is 3. The average Bonchev–Trinajstić information content (AvgIpc) is 2.02. The van der Waals surface area contributed by atoms with Gasteiger partial charge < -0.3 is 4.74 Å². The summed E-state index contributed by atoms with van der Waals surface area (Å²) in [7, 11) is 1.56. The Hall–Kier alpha value is -1.03. The molecule has 0 saturated carbocycles. The van der Waals surface area contributed by atoms with Crippen molar-refractivity contribution in [1.29, 1.82) is 0 Å². The lowest BCUT2D eigenvalue weighted by Crippen LogP contribution is -2.09. The summed E-state index contributed by atoms with van der Waals surface area (Å²) in [5.41, 5.74) is 2.58. The number of hydrogen-bond donors (Lipinski definition) is 0. The monoisotopic (exact) mass is 196 g/mol. The fraction of sp³-hybridized carbons (Fsp3) is 0.444. The molecule has 0 aliphatic heterocycles. The predicted molar refractivity (Wildman–Crippen MR) is 55.0 cm³/mol. The van der Waals surface area contributed by atoms with Crippen LogP contribution in [-0.2, 0) is 4.74 Å². The van der Waals surface area contributed by atoms with Gasteiger partial charge in [0.15, 0.2) is 5.05 Å². The minimum atomic E-state index is 0.454. The van der Waals surface area contributed by atoms with Crippen LogP contribution in [0.1, 0.15) is 22.8 Å². The number of methoxy groups -OCH3 is 1. The van der Waals surface area contributed by atoms with Gasteiger partial charge in [0, 0.05) is 0 Å². The summed E-state index contributed by atoms with van der Waals surface area (Å²) in [4.78, 5) is 8.45. The molecule has 0 N–H and O–H groups in total. The Morgan fingerprint density at radius 3 is 2.00 bits per heavy atom. The van der Waals surface area contributed by atoms with Gasteiger partial charge in [0.05, 0.1) is 24.1 Å². The van der Waals surface area contributed by atoms with Gasteiger partial charge in [-0.3, -0.25) is 0 Å². The topological polar surface area (TPSA) is 35.0 Å². The molecule has 0 unspecified atom stereocenters. The second kappa shape index (κ2) is 3.79. The molecule has 0 atom stereocenters. The molecule has 4 heteroatoms. The molecule has 0 radical (unpaired) electrons. The molecule has 1 rings (SSSR count). The van der Waals surface area contributed by atoms with E-state index in [1.165, 1.54) is 0 Å². The number of ether oxygens (including phenoxy) is 1. The zero-order chi connectivity index (χ0) is 10.0. The molecule has 1 aromatic heterocycles. The normalized spacial score (nSPS) is 9.85. The van der Waals surface area contributed by atoms with Crippen LogP contribution in [0.2, 0.25) is 0 Å². The number of nitrogens with zero attached hydrogens (tertiary/aromatic N) is 2. The van der Waals surface area contributed by atoms with Gasteiger partial charge in [-0.2, -0.15) is 0 Å². The van der Waals surface area contributed by atoms with E-state index in [9.17, 15) is 0 Å². The minimum Gasteiger partial charge on any atom is -0.486 e. The summed E-state index contributed by atoms with van der Waals surface area (Å²) in [5, 5.41) is 0.454. The molecular weight excluding hydrogens is 184 g/mol. The van der Waals surface area contributed by atoms with Crippen LogP contribution in [-0.4, -0.2) is 22.1 Å². The van der Waals surface area contributed by atoms with Crippen LogP contribution in [0.4, 0.5) is 0 Å². The van der Waals surface area contributed by atoms with Crippen molar-refractivity contribution in [2.45, 2.75) is 20.8 Å². The molecule has 0 aromatic carbocycles. The zero-order valence-corrected chi connectivity index (χ0v) is 9.03. The Morgan fingerprint density at radius 2 is 1.62 bits per heavy atom. The first-order chi connectivity index (χ1) is 6.06. The molecular formula is C9H12N2OS. The fourth-order valence-corrected chi connectivity index (χ4v) is 1.58. The summed E-state index contributed by atoms with van der Waals surface area (Å²) in [5.74, 6) is 0.762. The molecule has 0 amide bonds. The van der Waals surface area contributed by atoms with Crippen LogP contribution in [0, 0.1) is 20.8 Å². The van der Waals surface area contributed by atoms with Gasteiger partial charge in [-0.05, 0) is 33.0 Å². The van der Waals surface area contributed by atoms with Crippen molar-refractivity contribution in [1.82, 2.24) is 9.97 Å². The van der Waals surface area contributed by atoms with Gasteiger partial charge in [-0.25, -0.2) is 9.97 Å². The number of rotatable bonds is 1. The number of aromatic nitrogens is 2. The van der Waals surface area contributed by atoms with Crippen molar-refractivity contribution in [2.75, 3.05) is 7.11 Å². The lowest BCUT2D eigenvalue weighted by Gasteiger charge is -2.08. The molecule has 3 nitrogen and oxygen atoms in total. The van der Waals surface area contributed by atoms with E-state index in [0.29, 0.717) is 5.05 Å². The van der Waals surface area contributed by atoms with E-state index in [1.54, 1.807) is 7.11 Å². The average molecular weight is 196 g/mol. The fourth-order valence-electron chi connectivity index (χ4n) is 1.28. The zero-order valence-electron chi connectivity index (χ0n) is 8.21.